The second-order valence-corrected chi connectivity index (χ2v) is 6.28. The van der Waals surface area contributed by atoms with E-state index in [0.29, 0.717) is 24.7 Å². The molecule has 8 heteroatoms. The minimum Gasteiger partial charge on any atom is -0.418 e. The summed E-state index contributed by atoms with van der Waals surface area (Å²) in [7, 11) is -2.92. The second-order valence-electron chi connectivity index (χ2n) is 4.07. The van der Waals surface area contributed by atoms with Crippen LogP contribution >= 0.6 is 17.2 Å². The number of hydrogen-bond donors (Lipinski definition) is 0. The highest BCUT2D eigenvalue weighted by molar-refractivity contribution is 7.42. The van der Waals surface area contributed by atoms with Crippen molar-refractivity contribution < 1.29 is 27.1 Å². The van der Waals surface area contributed by atoms with Gasteiger partial charge < -0.3 is 18.1 Å². The third kappa shape index (κ3) is 3.89. The van der Waals surface area contributed by atoms with Crippen molar-refractivity contribution in [3.05, 3.63) is 50.0 Å². The Morgan fingerprint density at radius 2 is 1.70 bits per heavy atom. The molecule has 0 aromatic carbocycles. The van der Waals surface area contributed by atoms with Crippen LogP contribution in [0, 0.1) is 0 Å². The van der Waals surface area contributed by atoms with Gasteiger partial charge in [-0.05, 0) is 12.2 Å². The summed E-state index contributed by atoms with van der Waals surface area (Å²) in [6.45, 7) is 15.5. The van der Waals surface area contributed by atoms with E-state index < -0.39 is 22.8 Å². The summed E-state index contributed by atoms with van der Waals surface area (Å²) in [5, 5.41) is 0. The molecule has 2 aliphatic heterocycles. The summed E-state index contributed by atoms with van der Waals surface area (Å²) in [6, 6.07) is 0. The molecule has 0 radical (unpaired) electrons. The molecule has 0 aromatic heterocycles. The van der Waals surface area contributed by atoms with Crippen molar-refractivity contribution in [2.45, 2.75) is 5.60 Å². The fraction of sp³-hybridized carbons (Fsp3) is 0.333. The minimum atomic E-state index is -1.71. The third-order valence-electron chi connectivity index (χ3n) is 2.41. The van der Waals surface area contributed by atoms with Crippen molar-refractivity contribution in [3.8, 4) is 0 Å². The zero-order valence-electron chi connectivity index (χ0n) is 10.9. The van der Waals surface area contributed by atoms with Gasteiger partial charge in [0.25, 0.3) is 0 Å². The molecule has 0 aromatic rings. The molecular formula is C12H16O6P2. The van der Waals surface area contributed by atoms with E-state index in [4.69, 9.17) is 27.1 Å². The van der Waals surface area contributed by atoms with Gasteiger partial charge in [0.15, 0.2) is 0 Å². The molecule has 2 heterocycles. The predicted molar refractivity (Wildman–Crippen MR) is 76.4 cm³/mol. The Hall–Kier alpha value is -0.740. The fourth-order valence-electron chi connectivity index (χ4n) is 1.30. The van der Waals surface area contributed by atoms with Crippen LogP contribution in [0.25, 0.3) is 0 Å². The summed E-state index contributed by atoms with van der Waals surface area (Å²) < 4.78 is 32.6. The number of allylic oxidation sites excluding steroid dienone is 2. The maximum absolute atomic E-state index is 5.62. The minimum absolute atomic E-state index is 0.229. The van der Waals surface area contributed by atoms with Crippen molar-refractivity contribution in [2.75, 3.05) is 19.8 Å². The Morgan fingerprint density at radius 1 is 1.15 bits per heavy atom. The quantitative estimate of drug-likeness (QED) is 0.367. The van der Waals surface area contributed by atoms with Gasteiger partial charge in [-0.25, -0.2) is 0 Å². The van der Waals surface area contributed by atoms with E-state index in [2.05, 4.69) is 26.3 Å². The Kier molecular flexibility index (Phi) is 5.33. The zero-order valence-corrected chi connectivity index (χ0v) is 12.7. The van der Waals surface area contributed by atoms with E-state index in [0.717, 1.165) is 0 Å². The maximum Gasteiger partial charge on any atom is 0.463 e. The Balaban J connectivity index is 1.89. The van der Waals surface area contributed by atoms with E-state index >= 15 is 0 Å². The summed E-state index contributed by atoms with van der Waals surface area (Å²) in [6.07, 6.45) is 2.92. The number of fused-ring (bicyclic) bond motifs is 2. The van der Waals surface area contributed by atoms with Crippen molar-refractivity contribution in [1.82, 2.24) is 0 Å². The van der Waals surface area contributed by atoms with Gasteiger partial charge >= 0.3 is 17.2 Å². The van der Waals surface area contributed by atoms with Crippen LogP contribution in [0.2, 0.25) is 0 Å². The number of rotatable bonds is 9. The van der Waals surface area contributed by atoms with Gasteiger partial charge in [0, 0.05) is 0 Å². The monoisotopic (exact) mass is 318 g/mol. The van der Waals surface area contributed by atoms with Crippen LogP contribution in [0.15, 0.2) is 50.0 Å². The first-order valence-corrected chi connectivity index (χ1v) is 7.93. The van der Waals surface area contributed by atoms with Gasteiger partial charge in [-0.15, -0.1) is 0 Å². The smallest absolute Gasteiger partial charge is 0.418 e. The molecule has 0 saturated carbocycles. The molecule has 2 fully saturated rings. The Bertz CT molecular complexity index is 394. The lowest BCUT2D eigenvalue weighted by molar-refractivity contribution is 0.0202. The van der Waals surface area contributed by atoms with Crippen LogP contribution in [0.3, 0.4) is 0 Å². The Labute approximate surface area is 120 Å². The highest BCUT2D eigenvalue weighted by Crippen LogP contribution is 2.58. The average Bonchev–Trinajstić information content (AvgIpc) is 3.05. The summed E-state index contributed by atoms with van der Waals surface area (Å²) >= 11 is 0. The van der Waals surface area contributed by atoms with Crippen LogP contribution in [0.1, 0.15) is 0 Å². The summed E-state index contributed by atoms with van der Waals surface area (Å²) in [5.74, 6) is 0.693. The molecule has 0 unspecified atom stereocenters. The van der Waals surface area contributed by atoms with Crippen molar-refractivity contribution >= 4 is 17.2 Å². The summed E-state index contributed by atoms with van der Waals surface area (Å²) in [4.78, 5) is 0. The van der Waals surface area contributed by atoms with Gasteiger partial charge in [-0.1, -0.05) is 26.3 Å². The molecule has 20 heavy (non-hydrogen) atoms. The van der Waals surface area contributed by atoms with E-state index in [9.17, 15) is 0 Å². The molecule has 6 nitrogen and oxygen atoms in total. The topological polar surface area (TPSA) is 55.4 Å². The lowest BCUT2D eigenvalue weighted by Gasteiger charge is -2.24. The van der Waals surface area contributed by atoms with Gasteiger partial charge in [0.1, 0.15) is 17.1 Å². The molecule has 0 amide bonds. The standard InChI is InChI=1S/C12H16O6P2/c1-5-10(3)16-20(17-11(4)6-2)15-9-12-7-13-19(18-12)14-8-12/h5-6H,1-4,7-9H2. The van der Waals surface area contributed by atoms with Gasteiger partial charge in [-0.2, -0.15) is 0 Å². The predicted octanol–water partition coefficient (Wildman–Crippen LogP) is 3.71. The van der Waals surface area contributed by atoms with Crippen LogP contribution in [-0.4, -0.2) is 25.4 Å². The van der Waals surface area contributed by atoms with Crippen LogP contribution in [0.4, 0.5) is 0 Å². The van der Waals surface area contributed by atoms with Crippen molar-refractivity contribution in [2.24, 2.45) is 0 Å². The molecule has 2 bridgehead atoms. The molecule has 2 rings (SSSR count). The second kappa shape index (κ2) is 6.81. The molecule has 2 aliphatic rings. The highest BCUT2D eigenvalue weighted by Gasteiger charge is 2.51. The van der Waals surface area contributed by atoms with E-state index in [1.54, 1.807) is 0 Å². The first-order valence-electron chi connectivity index (χ1n) is 5.74. The fourth-order valence-corrected chi connectivity index (χ4v) is 3.65. The van der Waals surface area contributed by atoms with Crippen LogP contribution in [-0.2, 0) is 27.1 Å². The first kappa shape index (κ1) is 15.6. The maximum atomic E-state index is 5.62. The van der Waals surface area contributed by atoms with E-state index in [1.807, 2.05) is 0 Å². The molecule has 110 valence electrons. The molecule has 0 N–H and O–H groups in total. The SMILES string of the molecule is C=CC(=C)OP(OCC12COP(OC1)O2)OC(=C)C=C. The Morgan fingerprint density at radius 3 is 2.10 bits per heavy atom. The summed E-state index contributed by atoms with van der Waals surface area (Å²) in [5.41, 5.74) is -0.579. The van der Waals surface area contributed by atoms with Gasteiger partial charge in [0.05, 0.1) is 19.8 Å². The lowest BCUT2D eigenvalue weighted by atomic mass is 10.1. The average molecular weight is 318 g/mol. The van der Waals surface area contributed by atoms with Gasteiger partial charge in [-0.3, -0.25) is 9.05 Å². The first-order chi connectivity index (χ1) is 9.57. The molecule has 2 saturated heterocycles. The van der Waals surface area contributed by atoms with E-state index in [1.165, 1.54) is 12.2 Å². The van der Waals surface area contributed by atoms with Crippen LogP contribution < -0.4 is 0 Å². The van der Waals surface area contributed by atoms with Crippen LogP contribution in [0.5, 0.6) is 0 Å². The number of hydrogen-bond acceptors (Lipinski definition) is 6. The largest absolute Gasteiger partial charge is 0.463 e. The third-order valence-corrected chi connectivity index (χ3v) is 4.73. The zero-order chi connectivity index (χ0) is 14.6. The molecule has 0 spiro atoms. The molecule has 0 atom stereocenters. The normalized spacial score (nSPS) is 27.4. The lowest BCUT2D eigenvalue weighted by Crippen LogP contribution is -2.39. The van der Waals surface area contributed by atoms with Gasteiger partial charge in [0.2, 0.25) is 0 Å². The van der Waals surface area contributed by atoms with Crippen molar-refractivity contribution in [1.29, 1.82) is 0 Å². The molecule has 0 aliphatic carbocycles. The van der Waals surface area contributed by atoms with Crippen molar-refractivity contribution in [3.63, 3.8) is 0 Å². The molecular weight excluding hydrogens is 302 g/mol. The van der Waals surface area contributed by atoms with E-state index in [-0.39, 0.29) is 6.61 Å². The highest BCUT2D eigenvalue weighted by atomic mass is 31.2.